The molecular weight excluding hydrogens is 250 g/mol. The fraction of sp³-hybridized carbons (Fsp3) is 0.812. The molecule has 1 heterocycles. The molecule has 2 rings (SSSR count). The number of rotatable bonds is 5. The van der Waals surface area contributed by atoms with Gasteiger partial charge in [-0.05, 0) is 41.0 Å². The van der Waals surface area contributed by atoms with Crippen molar-refractivity contribution >= 4 is 5.69 Å². The molecule has 1 aromatic heterocycles. The van der Waals surface area contributed by atoms with Crippen LogP contribution in [0.1, 0.15) is 58.5 Å². The first-order chi connectivity index (χ1) is 9.28. The van der Waals surface area contributed by atoms with E-state index in [1.54, 1.807) is 0 Å². The van der Waals surface area contributed by atoms with E-state index < -0.39 is 0 Å². The average Bonchev–Trinajstić information content (AvgIpc) is 2.65. The average molecular weight is 279 g/mol. The summed E-state index contributed by atoms with van der Waals surface area (Å²) < 4.78 is 7.90. The zero-order valence-corrected chi connectivity index (χ0v) is 13.9. The molecule has 0 aromatic carbocycles. The number of nitrogens with zero attached hydrogens (tertiary/aromatic N) is 2. The van der Waals surface area contributed by atoms with Gasteiger partial charge in [0.2, 0.25) is 0 Å². The molecule has 0 bridgehead atoms. The molecule has 1 aliphatic carbocycles. The number of nitrogens with one attached hydrogen (secondary N) is 1. The Labute approximate surface area is 122 Å². The lowest BCUT2D eigenvalue weighted by molar-refractivity contribution is -0.0976. The van der Waals surface area contributed by atoms with Crippen LogP contribution in [-0.4, -0.2) is 28.5 Å². The Hall–Kier alpha value is -1.03. The first-order valence-electron chi connectivity index (χ1n) is 7.72. The van der Waals surface area contributed by atoms with E-state index in [0.29, 0.717) is 18.2 Å². The van der Waals surface area contributed by atoms with Crippen molar-refractivity contribution in [2.75, 3.05) is 11.9 Å². The second kappa shape index (κ2) is 5.40. The highest BCUT2D eigenvalue weighted by Gasteiger charge is 2.49. The minimum atomic E-state index is 0.175. The molecule has 2 atom stereocenters. The van der Waals surface area contributed by atoms with E-state index in [9.17, 15) is 0 Å². The van der Waals surface area contributed by atoms with Gasteiger partial charge in [0.1, 0.15) is 0 Å². The van der Waals surface area contributed by atoms with Crippen molar-refractivity contribution in [2.45, 2.75) is 73.1 Å². The minimum Gasteiger partial charge on any atom is -0.379 e. The lowest BCUT2D eigenvalue weighted by Crippen LogP contribution is -2.58. The Balaban J connectivity index is 2.13. The zero-order valence-electron chi connectivity index (χ0n) is 13.9. The first kappa shape index (κ1) is 15.4. The van der Waals surface area contributed by atoms with Crippen molar-refractivity contribution in [2.24, 2.45) is 5.41 Å². The molecule has 20 heavy (non-hydrogen) atoms. The Morgan fingerprint density at radius 1 is 1.40 bits per heavy atom. The maximum absolute atomic E-state index is 5.80. The molecule has 0 aliphatic heterocycles. The highest BCUT2D eigenvalue weighted by Crippen LogP contribution is 2.45. The summed E-state index contributed by atoms with van der Waals surface area (Å²) in [6, 6.07) is 0.857. The van der Waals surface area contributed by atoms with Gasteiger partial charge < -0.3 is 10.1 Å². The summed E-state index contributed by atoms with van der Waals surface area (Å²) in [5, 5.41) is 8.35. The summed E-state index contributed by atoms with van der Waals surface area (Å²) in [5.41, 5.74) is 3.70. The van der Waals surface area contributed by atoms with Gasteiger partial charge in [-0.3, -0.25) is 4.68 Å². The van der Waals surface area contributed by atoms with Gasteiger partial charge in [-0.15, -0.1) is 0 Å². The van der Waals surface area contributed by atoms with Crippen molar-refractivity contribution in [3.8, 4) is 0 Å². The fourth-order valence-corrected chi connectivity index (χ4v) is 3.16. The zero-order chi connectivity index (χ0) is 15.1. The Kier molecular flexibility index (Phi) is 4.14. The smallest absolute Gasteiger partial charge is 0.0828 e. The lowest BCUT2D eigenvalue weighted by atomic mass is 9.64. The molecule has 4 nitrogen and oxygen atoms in total. The molecular formula is C16H29N3O. The lowest BCUT2D eigenvalue weighted by Gasteiger charge is -2.52. The van der Waals surface area contributed by atoms with Crippen LogP contribution in [0.25, 0.3) is 0 Å². The summed E-state index contributed by atoms with van der Waals surface area (Å²) in [5.74, 6) is 0. The quantitative estimate of drug-likeness (QED) is 0.893. The number of hydrogen-bond acceptors (Lipinski definition) is 3. The Bertz CT molecular complexity index is 476. The van der Waals surface area contributed by atoms with E-state index >= 15 is 0 Å². The van der Waals surface area contributed by atoms with Crippen LogP contribution in [-0.2, 0) is 4.74 Å². The van der Waals surface area contributed by atoms with Crippen molar-refractivity contribution in [3.63, 3.8) is 0 Å². The van der Waals surface area contributed by atoms with Crippen LogP contribution >= 0.6 is 0 Å². The van der Waals surface area contributed by atoms with Gasteiger partial charge in [0.15, 0.2) is 0 Å². The van der Waals surface area contributed by atoms with Crippen LogP contribution in [0.5, 0.6) is 0 Å². The van der Waals surface area contributed by atoms with Crippen molar-refractivity contribution < 1.29 is 4.74 Å². The Morgan fingerprint density at radius 2 is 2.05 bits per heavy atom. The van der Waals surface area contributed by atoms with Crippen molar-refractivity contribution in [3.05, 3.63) is 11.4 Å². The molecule has 0 amide bonds. The minimum absolute atomic E-state index is 0.175. The van der Waals surface area contributed by atoms with E-state index in [-0.39, 0.29) is 5.41 Å². The van der Waals surface area contributed by atoms with E-state index in [1.165, 1.54) is 11.4 Å². The normalized spacial score (nSPS) is 24.8. The van der Waals surface area contributed by atoms with Crippen LogP contribution in [0.3, 0.4) is 0 Å². The third-order valence-corrected chi connectivity index (χ3v) is 4.68. The van der Waals surface area contributed by atoms with Crippen LogP contribution in [0, 0.1) is 19.3 Å². The largest absolute Gasteiger partial charge is 0.379 e. The van der Waals surface area contributed by atoms with Gasteiger partial charge in [0.05, 0.1) is 23.2 Å². The standard InChI is InChI=1S/C16H29N3O/c1-8-20-14-9-13(16(14,6)7)17-15-11(4)18-19(10(2)3)12(15)5/h10,13-14,17H,8-9H2,1-7H3. The number of anilines is 1. The van der Waals surface area contributed by atoms with Gasteiger partial charge in [-0.2, -0.15) is 5.10 Å². The van der Waals surface area contributed by atoms with E-state index in [4.69, 9.17) is 4.74 Å². The van der Waals surface area contributed by atoms with Crippen molar-refractivity contribution in [1.82, 2.24) is 9.78 Å². The molecule has 1 aliphatic rings. The van der Waals surface area contributed by atoms with Crippen LogP contribution in [0.2, 0.25) is 0 Å². The molecule has 1 fully saturated rings. The number of aryl methyl sites for hydroxylation is 1. The summed E-state index contributed by atoms with van der Waals surface area (Å²) in [4.78, 5) is 0. The van der Waals surface area contributed by atoms with Crippen LogP contribution in [0.4, 0.5) is 5.69 Å². The monoisotopic (exact) mass is 279 g/mol. The predicted octanol–water partition coefficient (Wildman–Crippen LogP) is 3.70. The second-order valence-electron chi connectivity index (χ2n) is 6.78. The summed E-state index contributed by atoms with van der Waals surface area (Å²) in [7, 11) is 0. The topological polar surface area (TPSA) is 39.1 Å². The Morgan fingerprint density at radius 3 is 2.50 bits per heavy atom. The number of aromatic nitrogens is 2. The van der Waals surface area contributed by atoms with Gasteiger partial charge in [0.25, 0.3) is 0 Å². The van der Waals surface area contributed by atoms with E-state index in [1.807, 2.05) is 0 Å². The van der Waals surface area contributed by atoms with Gasteiger partial charge in [-0.1, -0.05) is 13.8 Å². The molecule has 0 spiro atoms. The fourth-order valence-electron chi connectivity index (χ4n) is 3.16. The summed E-state index contributed by atoms with van der Waals surface area (Å²) in [6.45, 7) is 16.0. The summed E-state index contributed by atoms with van der Waals surface area (Å²) >= 11 is 0. The van der Waals surface area contributed by atoms with Gasteiger partial charge in [-0.25, -0.2) is 0 Å². The highest BCUT2D eigenvalue weighted by atomic mass is 16.5. The third-order valence-electron chi connectivity index (χ3n) is 4.68. The van der Waals surface area contributed by atoms with Crippen LogP contribution < -0.4 is 5.32 Å². The molecule has 114 valence electrons. The van der Waals surface area contributed by atoms with Crippen molar-refractivity contribution in [1.29, 1.82) is 0 Å². The number of ether oxygens (including phenoxy) is 1. The van der Waals surface area contributed by atoms with E-state index in [2.05, 4.69) is 63.6 Å². The third kappa shape index (κ3) is 2.46. The second-order valence-corrected chi connectivity index (χ2v) is 6.78. The van der Waals surface area contributed by atoms with E-state index in [0.717, 1.165) is 18.7 Å². The van der Waals surface area contributed by atoms with Crippen LogP contribution in [0.15, 0.2) is 0 Å². The summed E-state index contributed by atoms with van der Waals surface area (Å²) in [6.07, 6.45) is 1.44. The SMILES string of the molecule is CCOC1CC(Nc2c(C)nn(C(C)C)c2C)C1(C)C. The number of hydrogen-bond donors (Lipinski definition) is 1. The first-order valence-corrected chi connectivity index (χ1v) is 7.72. The molecule has 0 saturated heterocycles. The predicted molar refractivity (Wildman–Crippen MR) is 83.3 cm³/mol. The van der Waals surface area contributed by atoms with Gasteiger partial charge in [0, 0.05) is 24.1 Å². The molecule has 2 unspecified atom stereocenters. The maximum Gasteiger partial charge on any atom is 0.0828 e. The highest BCUT2D eigenvalue weighted by molar-refractivity contribution is 5.53. The van der Waals surface area contributed by atoms with Gasteiger partial charge >= 0.3 is 0 Å². The molecule has 1 saturated carbocycles. The maximum atomic E-state index is 5.80. The molecule has 0 radical (unpaired) electrons. The molecule has 1 aromatic rings. The molecule has 4 heteroatoms. The molecule has 1 N–H and O–H groups in total.